The molecule has 0 amide bonds. The van der Waals surface area contributed by atoms with Crippen LogP contribution < -0.4 is 0 Å². The first-order valence-electron chi connectivity index (χ1n) is 5.92. The molecule has 0 aliphatic carbocycles. The van der Waals surface area contributed by atoms with Crippen LogP contribution in [-0.2, 0) is 9.53 Å². The molecule has 0 radical (unpaired) electrons. The summed E-state index contributed by atoms with van der Waals surface area (Å²) >= 11 is 1.30. The number of hydrogen-bond donors (Lipinski definition) is 1. The van der Waals surface area contributed by atoms with Gasteiger partial charge in [0.1, 0.15) is 10.9 Å². The zero-order valence-corrected chi connectivity index (χ0v) is 12.1. The molecule has 18 heavy (non-hydrogen) atoms. The standard InChI is InChI=1S/C14H20O3S/c1-5-17-13(16)14(3,18-4)12(15)11-8-6-10(2)7-9-11/h6-9,12,15H,5H2,1-4H3/t12-,14+/m1/s1. The van der Waals surface area contributed by atoms with Crippen LogP contribution in [0.1, 0.15) is 31.1 Å². The normalized spacial score (nSPS) is 15.8. The third-order valence-electron chi connectivity index (χ3n) is 3.02. The van der Waals surface area contributed by atoms with Crippen molar-refractivity contribution < 1.29 is 14.6 Å². The SMILES string of the molecule is CCOC(=O)[C@@](C)(SC)[C@H](O)c1ccc(C)cc1. The van der Waals surface area contributed by atoms with E-state index in [1.54, 1.807) is 20.1 Å². The summed E-state index contributed by atoms with van der Waals surface area (Å²) in [6.07, 6.45) is 0.918. The van der Waals surface area contributed by atoms with Crippen molar-refractivity contribution in [3.8, 4) is 0 Å². The van der Waals surface area contributed by atoms with Crippen LogP contribution in [0.3, 0.4) is 0 Å². The van der Waals surface area contributed by atoms with Crippen molar-refractivity contribution in [1.29, 1.82) is 0 Å². The summed E-state index contributed by atoms with van der Waals surface area (Å²) in [6, 6.07) is 7.52. The van der Waals surface area contributed by atoms with E-state index in [1.807, 2.05) is 31.2 Å². The molecule has 2 atom stereocenters. The monoisotopic (exact) mass is 268 g/mol. The highest BCUT2D eigenvalue weighted by Crippen LogP contribution is 2.37. The molecule has 0 saturated heterocycles. The first-order chi connectivity index (χ1) is 8.45. The fourth-order valence-electron chi connectivity index (χ4n) is 1.65. The van der Waals surface area contributed by atoms with Gasteiger partial charge >= 0.3 is 5.97 Å². The average molecular weight is 268 g/mol. The Morgan fingerprint density at radius 3 is 2.44 bits per heavy atom. The minimum atomic E-state index is -0.981. The third-order valence-corrected chi connectivity index (χ3v) is 4.26. The van der Waals surface area contributed by atoms with Crippen LogP contribution in [0, 0.1) is 6.92 Å². The van der Waals surface area contributed by atoms with E-state index in [0.29, 0.717) is 6.61 Å². The molecule has 0 saturated carbocycles. The third kappa shape index (κ3) is 3.06. The lowest BCUT2D eigenvalue weighted by Crippen LogP contribution is -2.39. The minimum Gasteiger partial charge on any atom is -0.465 e. The maximum absolute atomic E-state index is 12.0. The van der Waals surface area contributed by atoms with Gasteiger partial charge in [-0.1, -0.05) is 29.8 Å². The number of aryl methyl sites for hydroxylation is 1. The first kappa shape index (κ1) is 15.1. The predicted molar refractivity (Wildman–Crippen MR) is 74.7 cm³/mol. The topological polar surface area (TPSA) is 46.5 Å². The Morgan fingerprint density at radius 2 is 2.00 bits per heavy atom. The second-order valence-electron chi connectivity index (χ2n) is 4.34. The Morgan fingerprint density at radius 1 is 1.44 bits per heavy atom. The van der Waals surface area contributed by atoms with E-state index in [4.69, 9.17) is 4.74 Å². The lowest BCUT2D eigenvalue weighted by atomic mass is 9.96. The van der Waals surface area contributed by atoms with Crippen LogP contribution in [0.5, 0.6) is 0 Å². The lowest BCUT2D eigenvalue weighted by molar-refractivity contribution is -0.148. The van der Waals surface area contributed by atoms with Gasteiger partial charge in [0.2, 0.25) is 0 Å². The first-order valence-corrected chi connectivity index (χ1v) is 7.15. The number of hydrogen-bond acceptors (Lipinski definition) is 4. The Bertz CT molecular complexity index is 402. The number of aliphatic hydroxyl groups is 1. The number of aliphatic hydroxyl groups excluding tert-OH is 1. The summed E-state index contributed by atoms with van der Waals surface area (Å²) in [6.45, 7) is 5.77. The maximum atomic E-state index is 12.0. The molecule has 1 aromatic rings. The lowest BCUT2D eigenvalue weighted by Gasteiger charge is -2.30. The van der Waals surface area contributed by atoms with Crippen LogP contribution in [0.2, 0.25) is 0 Å². The molecule has 0 fully saturated rings. The van der Waals surface area contributed by atoms with Crippen LogP contribution in [0.15, 0.2) is 24.3 Å². The molecule has 0 spiro atoms. The summed E-state index contributed by atoms with van der Waals surface area (Å²) in [4.78, 5) is 12.0. The molecule has 0 aromatic heterocycles. The molecule has 1 rings (SSSR count). The summed E-state index contributed by atoms with van der Waals surface area (Å²) in [5.41, 5.74) is 1.85. The Labute approximate surface area is 113 Å². The summed E-state index contributed by atoms with van der Waals surface area (Å²) in [7, 11) is 0. The van der Waals surface area contributed by atoms with E-state index in [0.717, 1.165) is 11.1 Å². The summed E-state index contributed by atoms with van der Waals surface area (Å²) in [5, 5.41) is 10.4. The van der Waals surface area contributed by atoms with Gasteiger partial charge in [-0.2, -0.15) is 0 Å². The number of ether oxygens (including phenoxy) is 1. The van der Waals surface area contributed by atoms with Gasteiger partial charge in [-0.15, -0.1) is 11.8 Å². The number of carbonyl (C=O) groups excluding carboxylic acids is 1. The molecule has 1 aromatic carbocycles. The van der Waals surface area contributed by atoms with Crippen LogP contribution in [0.25, 0.3) is 0 Å². The Balaban J connectivity index is 3.00. The smallest absolute Gasteiger partial charge is 0.324 e. The molecule has 100 valence electrons. The van der Waals surface area contributed by atoms with E-state index in [2.05, 4.69) is 0 Å². The van der Waals surface area contributed by atoms with Crippen molar-refractivity contribution in [2.45, 2.75) is 31.6 Å². The largest absolute Gasteiger partial charge is 0.465 e. The molecular weight excluding hydrogens is 248 g/mol. The number of esters is 1. The van der Waals surface area contributed by atoms with Crippen LogP contribution in [0.4, 0.5) is 0 Å². The molecule has 0 heterocycles. The average Bonchev–Trinajstić information content (AvgIpc) is 2.38. The summed E-state index contributed by atoms with van der Waals surface area (Å²) < 4.78 is 4.06. The highest BCUT2D eigenvalue weighted by molar-refractivity contribution is 8.00. The molecular formula is C14H20O3S. The quantitative estimate of drug-likeness (QED) is 0.834. The van der Waals surface area contributed by atoms with E-state index in [1.165, 1.54) is 11.8 Å². The highest BCUT2D eigenvalue weighted by Gasteiger charge is 2.42. The second-order valence-corrected chi connectivity index (χ2v) is 5.60. The van der Waals surface area contributed by atoms with Crippen molar-refractivity contribution in [3.05, 3.63) is 35.4 Å². The fourth-order valence-corrected chi connectivity index (χ4v) is 2.23. The van der Waals surface area contributed by atoms with Gasteiger partial charge < -0.3 is 9.84 Å². The number of thioether (sulfide) groups is 1. The molecule has 1 N–H and O–H groups in total. The molecule has 0 aliphatic heterocycles. The highest BCUT2D eigenvalue weighted by atomic mass is 32.2. The van der Waals surface area contributed by atoms with Crippen molar-refractivity contribution in [1.82, 2.24) is 0 Å². The van der Waals surface area contributed by atoms with Crippen LogP contribution in [-0.4, -0.2) is 28.7 Å². The van der Waals surface area contributed by atoms with Gasteiger partial charge in [0.15, 0.2) is 0 Å². The zero-order chi connectivity index (χ0) is 13.8. The molecule has 0 bridgehead atoms. The van der Waals surface area contributed by atoms with Gasteiger partial charge in [-0.05, 0) is 32.6 Å². The van der Waals surface area contributed by atoms with E-state index in [-0.39, 0.29) is 5.97 Å². The minimum absolute atomic E-state index is 0.315. The maximum Gasteiger partial charge on any atom is 0.324 e. The number of benzene rings is 1. The van der Waals surface area contributed by atoms with E-state index >= 15 is 0 Å². The van der Waals surface area contributed by atoms with Gasteiger partial charge in [0.25, 0.3) is 0 Å². The molecule has 0 aliphatic rings. The Hall–Kier alpha value is -1.00. The van der Waals surface area contributed by atoms with Crippen molar-refractivity contribution in [2.24, 2.45) is 0 Å². The van der Waals surface area contributed by atoms with Gasteiger partial charge in [0.05, 0.1) is 6.61 Å². The van der Waals surface area contributed by atoms with Gasteiger partial charge in [-0.25, -0.2) is 0 Å². The van der Waals surface area contributed by atoms with Crippen molar-refractivity contribution >= 4 is 17.7 Å². The Kier molecular flexibility index (Phi) is 5.23. The predicted octanol–water partition coefficient (Wildman–Crippen LogP) is 2.71. The van der Waals surface area contributed by atoms with Gasteiger partial charge in [-0.3, -0.25) is 4.79 Å². The summed E-state index contributed by atoms with van der Waals surface area (Å²) in [5.74, 6) is -0.384. The van der Waals surface area contributed by atoms with Crippen molar-refractivity contribution in [3.63, 3.8) is 0 Å². The number of carbonyl (C=O) groups is 1. The van der Waals surface area contributed by atoms with E-state index in [9.17, 15) is 9.90 Å². The van der Waals surface area contributed by atoms with Crippen molar-refractivity contribution in [2.75, 3.05) is 12.9 Å². The van der Waals surface area contributed by atoms with Gasteiger partial charge in [0, 0.05) is 0 Å². The van der Waals surface area contributed by atoms with E-state index < -0.39 is 10.9 Å². The fraction of sp³-hybridized carbons (Fsp3) is 0.500. The zero-order valence-electron chi connectivity index (χ0n) is 11.3. The second kappa shape index (κ2) is 6.25. The number of rotatable bonds is 5. The molecule has 3 nitrogen and oxygen atoms in total. The molecule has 0 unspecified atom stereocenters. The molecule has 4 heteroatoms. The van der Waals surface area contributed by atoms with Crippen LogP contribution >= 0.6 is 11.8 Å².